The summed E-state index contributed by atoms with van der Waals surface area (Å²) in [5.74, 6) is 1.86. The molecule has 2 heterocycles. The molecule has 1 atom stereocenters. The topological polar surface area (TPSA) is 76.7 Å². The van der Waals surface area contributed by atoms with E-state index in [-0.39, 0.29) is 11.9 Å². The number of fused-ring (bicyclic) bond motifs is 1. The summed E-state index contributed by atoms with van der Waals surface area (Å²) in [6.07, 6.45) is 0. The molecule has 6 nitrogen and oxygen atoms in total. The fourth-order valence-corrected chi connectivity index (χ4v) is 3.52. The molecule has 0 spiro atoms. The highest BCUT2D eigenvalue weighted by Crippen LogP contribution is 2.29. The summed E-state index contributed by atoms with van der Waals surface area (Å²) in [6, 6.07) is 26.2. The van der Waals surface area contributed by atoms with Crippen molar-refractivity contribution in [2.24, 2.45) is 0 Å². The molecule has 5 rings (SSSR count). The second-order valence-electron chi connectivity index (χ2n) is 7.47. The van der Waals surface area contributed by atoms with Gasteiger partial charge in [0, 0.05) is 17.0 Å². The molecule has 0 saturated carbocycles. The third kappa shape index (κ3) is 3.88. The van der Waals surface area contributed by atoms with Crippen LogP contribution in [0.15, 0.2) is 83.3 Å². The summed E-state index contributed by atoms with van der Waals surface area (Å²) >= 11 is 0. The van der Waals surface area contributed by atoms with E-state index in [1.165, 1.54) is 5.56 Å². The predicted octanol–water partition coefficient (Wildman–Crippen LogP) is 5.83. The molecule has 0 radical (unpaired) electrons. The third-order valence-electron chi connectivity index (χ3n) is 5.14. The molecule has 31 heavy (non-hydrogen) atoms. The Hall–Kier alpha value is -4.06. The van der Waals surface area contributed by atoms with Gasteiger partial charge in [0.05, 0.1) is 5.52 Å². The number of hydrogen-bond acceptors (Lipinski definition) is 6. The fourth-order valence-electron chi connectivity index (χ4n) is 3.52. The van der Waals surface area contributed by atoms with Gasteiger partial charge in [-0.15, -0.1) is 10.2 Å². The molecular formula is C25H21N5O. The van der Waals surface area contributed by atoms with Crippen LogP contribution in [0.1, 0.15) is 24.1 Å². The maximum absolute atomic E-state index is 5.93. The zero-order valence-electron chi connectivity index (χ0n) is 17.3. The maximum atomic E-state index is 5.93. The molecule has 0 aliphatic rings. The quantitative estimate of drug-likeness (QED) is 0.395. The van der Waals surface area contributed by atoms with Crippen LogP contribution in [0.25, 0.3) is 34.1 Å². The zero-order chi connectivity index (χ0) is 21.2. The van der Waals surface area contributed by atoms with E-state index < -0.39 is 0 Å². The van der Waals surface area contributed by atoms with E-state index in [0.29, 0.717) is 11.7 Å². The van der Waals surface area contributed by atoms with Crippen molar-refractivity contribution in [1.82, 2.24) is 20.2 Å². The van der Waals surface area contributed by atoms with Gasteiger partial charge in [0.25, 0.3) is 5.89 Å². The molecule has 1 N–H and O–H groups in total. The average molecular weight is 407 g/mol. The molecule has 152 valence electrons. The van der Waals surface area contributed by atoms with E-state index in [1.54, 1.807) is 0 Å². The summed E-state index contributed by atoms with van der Waals surface area (Å²) in [7, 11) is 0. The van der Waals surface area contributed by atoms with Crippen LogP contribution in [0.3, 0.4) is 0 Å². The van der Waals surface area contributed by atoms with E-state index >= 15 is 0 Å². The SMILES string of the molecule is Cc1cccc(-c2nnc(-c3nc(N[C@@H](C)c4ccccc4)c4ccccc4n3)o2)c1. The van der Waals surface area contributed by atoms with Crippen molar-refractivity contribution in [3.8, 4) is 23.2 Å². The number of aryl methyl sites for hydroxylation is 1. The lowest BCUT2D eigenvalue weighted by molar-refractivity contribution is 0.579. The number of rotatable bonds is 5. The number of benzene rings is 3. The Morgan fingerprint density at radius 2 is 1.58 bits per heavy atom. The summed E-state index contributed by atoms with van der Waals surface area (Å²) in [5, 5.41) is 12.9. The van der Waals surface area contributed by atoms with Crippen LogP contribution in [0.5, 0.6) is 0 Å². The smallest absolute Gasteiger partial charge is 0.286 e. The minimum atomic E-state index is 0.0675. The lowest BCUT2D eigenvalue weighted by Crippen LogP contribution is -2.09. The number of aromatic nitrogens is 4. The van der Waals surface area contributed by atoms with Crippen molar-refractivity contribution < 1.29 is 4.42 Å². The standard InChI is InChI=1S/C25H21N5O/c1-16-9-8-12-19(15-16)24-29-30-25(31-24)23-27-21-14-7-6-13-20(21)22(28-23)26-17(2)18-10-4-3-5-11-18/h3-15,17H,1-2H3,(H,26,27,28)/t17-/m0/s1. The molecule has 0 amide bonds. The molecule has 2 aromatic heterocycles. The second-order valence-corrected chi connectivity index (χ2v) is 7.47. The predicted molar refractivity (Wildman–Crippen MR) is 121 cm³/mol. The first-order valence-electron chi connectivity index (χ1n) is 10.2. The molecule has 0 bridgehead atoms. The van der Waals surface area contributed by atoms with Crippen LogP contribution in [0.4, 0.5) is 5.82 Å². The fraction of sp³-hybridized carbons (Fsp3) is 0.120. The first-order chi connectivity index (χ1) is 15.2. The molecule has 0 unspecified atom stereocenters. The Bertz CT molecular complexity index is 1350. The van der Waals surface area contributed by atoms with Gasteiger partial charge in [0.2, 0.25) is 11.7 Å². The second kappa shape index (κ2) is 7.99. The first kappa shape index (κ1) is 18.9. The maximum Gasteiger partial charge on any atom is 0.286 e. The van der Waals surface area contributed by atoms with Crippen molar-refractivity contribution in [3.63, 3.8) is 0 Å². The number of hydrogen-bond donors (Lipinski definition) is 1. The molecule has 0 aliphatic heterocycles. The Kier molecular flexibility index (Phi) is 4.88. The van der Waals surface area contributed by atoms with Crippen molar-refractivity contribution in [2.45, 2.75) is 19.9 Å². The number of nitrogens with zero attached hydrogens (tertiary/aromatic N) is 4. The molecule has 5 aromatic rings. The highest BCUT2D eigenvalue weighted by atomic mass is 16.4. The Balaban J connectivity index is 1.54. The van der Waals surface area contributed by atoms with Crippen molar-refractivity contribution in [2.75, 3.05) is 5.32 Å². The van der Waals surface area contributed by atoms with Gasteiger partial charge in [0.15, 0.2) is 0 Å². The zero-order valence-corrected chi connectivity index (χ0v) is 17.3. The van der Waals surface area contributed by atoms with Crippen molar-refractivity contribution >= 4 is 16.7 Å². The Morgan fingerprint density at radius 3 is 2.42 bits per heavy atom. The van der Waals surface area contributed by atoms with E-state index in [1.807, 2.05) is 73.7 Å². The Morgan fingerprint density at radius 1 is 0.806 bits per heavy atom. The molecule has 0 aliphatic carbocycles. The van der Waals surface area contributed by atoms with Gasteiger partial charge >= 0.3 is 0 Å². The molecule has 6 heteroatoms. The lowest BCUT2D eigenvalue weighted by atomic mass is 10.1. The number of anilines is 1. The minimum Gasteiger partial charge on any atom is -0.413 e. The summed E-state index contributed by atoms with van der Waals surface area (Å²) < 4.78 is 5.93. The van der Waals surface area contributed by atoms with Crippen molar-refractivity contribution in [3.05, 3.63) is 90.0 Å². The summed E-state index contributed by atoms with van der Waals surface area (Å²) in [6.45, 7) is 4.13. The first-order valence-corrected chi connectivity index (χ1v) is 10.2. The highest BCUT2D eigenvalue weighted by Gasteiger charge is 2.17. The van der Waals surface area contributed by atoms with E-state index in [9.17, 15) is 0 Å². The largest absolute Gasteiger partial charge is 0.413 e. The van der Waals surface area contributed by atoms with Gasteiger partial charge in [0.1, 0.15) is 5.82 Å². The van der Waals surface area contributed by atoms with Gasteiger partial charge in [-0.3, -0.25) is 0 Å². The van der Waals surface area contributed by atoms with Gasteiger partial charge in [-0.25, -0.2) is 9.97 Å². The summed E-state index contributed by atoms with van der Waals surface area (Å²) in [5.41, 5.74) is 3.98. The van der Waals surface area contributed by atoms with E-state index in [2.05, 4.69) is 39.6 Å². The lowest BCUT2D eigenvalue weighted by Gasteiger charge is -2.16. The number of nitrogens with one attached hydrogen (secondary N) is 1. The van der Waals surface area contributed by atoms with Gasteiger partial charge in [-0.1, -0.05) is 60.2 Å². The van der Waals surface area contributed by atoms with Crippen LogP contribution in [-0.4, -0.2) is 20.2 Å². The van der Waals surface area contributed by atoms with Crippen LogP contribution < -0.4 is 5.32 Å². The van der Waals surface area contributed by atoms with Crippen molar-refractivity contribution in [1.29, 1.82) is 0 Å². The normalized spacial score (nSPS) is 12.1. The van der Waals surface area contributed by atoms with Crippen LogP contribution in [0, 0.1) is 6.92 Å². The molecule has 0 saturated heterocycles. The number of para-hydroxylation sites is 1. The van der Waals surface area contributed by atoms with Crippen LogP contribution in [-0.2, 0) is 0 Å². The minimum absolute atomic E-state index is 0.0675. The third-order valence-corrected chi connectivity index (χ3v) is 5.14. The van der Waals surface area contributed by atoms with E-state index in [4.69, 9.17) is 9.40 Å². The van der Waals surface area contributed by atoms with E-state index in [0.717, 1.165) is 27.8 Å². The van der Waals surface area contributed by atoms with Crippen LogP contribution in [0.2, 0.25) is 0 Å². The Labute approximate surface area is 180 Å². The van der Waals surface area contributed by atoms with Crippen LogP contribution >= 0.6 is 0 Å². The summed E-state index contributed by atoms with van der Waals surface area (Å²) in [4.78, 5) is 9.41. The van der Waals surface area contributed by atoms with Gasteiger partial charge in [-0.2, -0.15) is 0 Å². The molecule has 3 aromatic carbocycles. The monoisotopic (exact) mass is 407 g/mol. The molecule has 0 fully saturated rings. The van der Waals surface area contributed by atoms with Gasteiger partial charge in [-0.05, 0) is 43.7 Å². The molecular weight excluding hydrogens is 386 g/mol. The van der Waals surface area contributed by atoms with Gasteiger partial charge < -0.3 is 9.73 Å². The highest BCUT2D eigenvalue weighted by molar-refractivity contribution is 5.90. The average Bonchev–Trinajstić information content (AvgIpc) is 3.30.